The Morgan fingerprint density at radius 1 is 1.11 bits per heavy atom. The highest BCUT2D eigenvalue weighted by Gasteiger charge is 2.34. The molecule has 1 aliphatic rings. The van der Waals surface area contributed by atoms with Crippen LogP contribution < -0.4 is 5.32 Å². The summed E-state index contributed by atoms with van der Waals surface area (Å²) in [4.78, 5) is 12.4. The van der Waals surface area contributed by atoms with Gasteiger partial charge in [0.25, 0.3) is 10.2 Å². The molecule has 0 atom stereocenters. The van der Waals surface area contributed by atoms with E-state index in [9.17, 15) is 13.2 Å². The van der Waals surface area contributed by atoms with Crippen LogP contribution in [0.25, 0.3) is 0 Å². The maximum absolute atomic E-state index is 12.9. The maximum Gasteiger partial charge on any atom is 0.282 e. The van der Waals surface area contributed by atoms with Gasteiger partial charge >= 0.3 is 0 Å². The Morgan fingerprint density at radius 2 is 1.81 bits per heavy atom. The fourth-order valence-corrected chi connectivity index (χ4v) is 4.78. The fraction of sp³-hybridized carbons (Fsp3) is 0.316. The van der Waals surface area contributed by atoms with Gasteiger partial charge < -0.3 is 5.32 Å². The number of benzene rings is 2. The lowest BCUT2D eigenvalue weighted by Gasteiger charge is -2.34. The summed E-state index contributed by atoms with van der Waals surface area (Å²) in [6, 6.07) is 14.6. The summed E-state index contributed by atoms with van der Waals surface area (Å²) in [6.07, 6.45) is 0.676. The van der Waals surface area contributed by atoms with Gasteiger partial charge in [0.1, 0.15) is 0 Å². The van der Waals surface area contributed by atoms with Crippen molar-refractivity contribution in [3.8, 4) is 0 Å². The van der Waals surface area contributed by atoms with Crippen molar-refractivity contribution in [2.24, 2.45) is 0 Å². The van der Waals surface area contributed by atoms with Crippen LogP contribution in [0.2, 0.25) is 5.02 Å². The van der Waals surface area contributed by atoms with Crippen LogP contribution in [-0.2, 0) is 21.5 Å². The molecule has 0 bridgehead atoms. The van der Waals surface area contributed by atoms with E-state index in [1.807, 2.05) is 37.3 Å². The van der Waals surface area contributed by atoms with Crippen LogP contribution in [-0.4, -0.2) is 42.6 Å². The molecule has 1 saturated heterocycles. The zero-order valence-electron chi connectivity index (χ0n) is 15.1. The molecule has 3 rings (SSSR count). The Hall–Kier alpha value is -1.93. The minimum Gasteiger partial charge on any atom is -0.325 e. The second-order valence-electron chi connectivity index (χ2n) is 6.53. The van der Waals surface area contributed by atoms with Crippen LogP contribution in [0.1, 0.15) is 17.5 Å². The van der Waals surface area contributed by atoms with Gasteiger partial charge in [0.2, 0.25) is 5.91 Å². The summed E-state index contributed by atoms with van der Waals surface area (Å²) < 4.78 is 28.4. The molecule has 0 aliphatic carbocycles. The van der Waals surface area contributed by atoms with Crippen LogP contribution in [0.15, 0.2) is 48.5 Å². The molecule has 0 radical (unpaired) electrons. The molecule has 0 spiro atoms. The largest absolute Gasteiger partial charge is 0.325 e. The van der Waals surface area contributed by atoms with E-state index in [1.165, 1.54) is 8.61 Å². The first-order valence-corrected chi connectivity index (χ1v) is 10.5. The Bertz CT molecular complexity index is 919. The van der Waals surface area contributed by atoms with Crippen LogP contribution in [0.3, 0.4) is 0 Å². The third kappa shape index (κ3) is 4.87. The number of hydrogen-bond donors (Lipinski definition) is 1. The van der Waals surface area contributed by atoms with E-state index in [4.69, 9.17) is 11.6 Å². The summed E-state index contributed by atoms with van der Waals surface area (Å²) in [5.74, 6) is -0.389. The predicted molar refractivity (Wildman–Crippen MR) is 107 cm³/mol. The Labute approximate surface area is 164 Å². The van der Waals surface area contributed by atoms with Crippen molar-refractivity contribution >= 4 is 33.4 Å². The normalized spacial score (nSPS) is 17.6. The van der Waals surface area contributed by atoms with Gasteiger partial charge in [-0.1, -0.05) is 48.0 Å². The first-order chi connectivity index (χ1) is 12.9. The van der Waals surface area contributed by atoms with Crippen LogP contribution in [0, 0.1) is 6.92 Å². The number of halogens is 1. The third-order valence-corrected chi connectivity index (χ3v) is 6.78. The number of nitrogens with zero attached hydrogens (tertiary/aromatic N) is 2. The molecule has 0 saturated carbocycles. The third-order valence-electron chi connectivity index (χ3n) is 4.44. The summed E-state index contributed by atoms with van der Waals surface area (Å²) in [5.41, 5.74) is 2.37. The van der Waals surface area contributed by atoms with E-state index in [-0.39, 0.29) is 12.5 Å². The van der Waals surface area contributed by atoms with E-state index in [1.54, 1.807) is 18.2 Å². The number of carbonyl (C=O) groups is 1. The van der Waals surface area contributed by atoms with Crippen LogP contribution in [0.4, 0.5) is 5.69 Å². The molecule has 144 valence electrons. The van der Waals surface area contributed by atoms with Gasteiger partial charge in [-0.15, -0.1) is 0 Å². The molecule has 0 aromatic heterocycles. The van der Waals surface area contributed by atoms with Crippen LogP contribution in [0.5, 0.6) is 0 Å². The van der Waals surface area contributed by atoms with E-state index < -0.39 is 10.2 Å². The summed E-state index contributed by atoms with van der Waals surface area (Å²) in [5, 5.41) is 3.26. The first kappa shape index (κ1) is 19.8. The monoisotopic (exact) mass is 407 g/mol. The molecule has 1 amide bonds. The lowest BCUT2D eigenvalue weighted by molar-refractivity contribution is -0.116. The Kier molecular flexibility index (Phi) is 6.16. The quantitative estimate of drug-likeness (QED) is 0.828. The summed E-state index contributed by atoms with van der Waals surface area (Å²) in [6.45, 7) is 2.72. The number of anilines is 1. The number of hydrogen-bond acceptors (Lipinski definition) is 3. The van der Waals surface area contributed by atoms with Crippen molar-refractivity contribution in [3.05, 3.63) is 64.7 Å². The highest BCUT2D eigenvalue weighted by molar-refractivity contribution is 7.86. The zero-order chi connectivity index (χ0) is 19.4. The predicted octanol–water partition coefficient (Wildman–Crippen LogP) is 3.04. The number of nitrogens with one attached hydrogen (secondary N) is 1. The maximum atomic E-state index is 12.9. The first-order valence-electron chi connectivity index (χ1n) is 8.71. The van der Waals surface area contributed by atoms with Gasteiger partial charge in [-0.05, 0) is 36.6 Å². The minimum absolute atomic E-state index is 0.223. The molecule has 1 aliphatic heterocycles. The second kappa shape index (κ2) is 8.39. The number of amides is 1. The molecule has 8 heteroatoms. The molecular formula is C19H22ClN3O3S. The Morgan fingerprint density at radius 3 is 2.52 bits per heavy atom. The average Bonchev–Trinajstić information content (AvgIpc) is 2.63. The van der Waals surface area contributed by atoms with Crippen LogP contribution >= 0.6 is 11.6 Å². The molecule has 0 unspecified atom stereocenters. The summed E-state index contributed by atoms with van der Waals surface area (Å²) in [7, 11) is -3.68. The molecule has 2 aromatic carbocycles. The molecule has 1 N–H and O–H groups in total. The van der Waals surface area contributed by atoms with Gasteiger partial charge in [-0.25, -0.2) is 0 Å². The molecular weight excluding hydrogens is 386 g/mol. The minimum atomic E-state index is -3.68. The highest BCUT2D eigenvalue weighted by atomic mass is 35.5. The average molecular weight is 408 g/mol. The SMILES string of the molecule is Cc1ccc(NC(=O)CN2CCCN(Cc3ccccc3)S2(=O)=O)cc1Cl. The zero-order valence-corrected chi connectivity index (χ0v) is 16.6. The van der Waals surface area contributed by atoms with E-state index in [0.717, 1.165) is 11.1 Å². The molecule has 1 heterocycles. The van der Waals surface area contributed by atoms with Gasteiger partial charge in [0.15, 0.2) is 0 Å². The number of aryl methyl sites for hydroxylation is 1. The lowest BCUT2D eigenvalue weighted by atomic mass is 10.2. The van der Waals surface area contributed by atoms with Crippen molar-refractivity contribution in [1.82, 2.24) is 8.61 Å². The van der Waals surface area contributed by atoms with E-state index in [2.05, 4.69) is 5.32 Å². The van der Waals surface area contributed by atoms with Gasteiger partial charge in [0, 0.05) is 30.3 Å². The van der Waals surface area contributed by atoms with E-state index >= 15 is 0 Å². The fourth-order valence-electron chi connectivity index (χ4n) is 2.96. The van der Waals surface area contributed by atoms with Crippen molar-refractivity contribution in [2.45, 2.75) is 19.9 Å². The Balaban J connectivity index is 1.66. The van der Waals surface area contributed by atoms with Gasteiger partial charge in [0.05, 0.1) is 6.54 Å². The molecule has 1 fully saturated rings. The van der Waals surface area contributed by atoms with Crippen molar-refractivity contribution in [3.63, 3.8) is 0 Å². The van der Waals surface area contributed by atoms with Gasteiger partial charge in [-0.3, -0.25) is 4.79 Å². The molecule has 2 aromatic rings. The molecule has 27 heavy (non-hydrogen) atoms. The smallest absolute Gasteiger partial charge is 0.282 e. The van der Waals surface area contributed by atoms with Gasteiger partial charge in [-0.2, -0.15) is 17.0 Å². The number of rotatable bonds is 5. The standard InChI is InChI=1S/C19H22ClN3O3S/c1-15-8-9-17(12-18(15)20)21-19(24)14-23-11-5-10-22(27(23,25)26)13-16-6-3-2-4-7-16/h2-4,6-9,12H,5,10-11,13-14H2,1H3,(H,21,24). The second-order valence-corrected chi connectivity index (χ2v) is 8.86. The van der Waals surface area contributed by atoms with Crippen molar-refractivity contribution < 1.29 is 13.2 Å². The summed E-state index contributed by atoms with van der Waals surface area (Å²) >= 11 is 6.07. The van der Waals surface area contributed by atoms with Crippen molar-refractivity contribution in [2.75, 3.05) is 25.0 Å². The number of carbonyl (C=O) groups excluding carboxylic acids is 1. The lowest BCUT2D eigenvalue weighted by Crippen LogP contribution is -2.51. The molecule has 6 nitrogen and oxygen atoms in total. The van der Waals surface area contributed by atoms with E-state index in [0.29, 0.717) is 36.8 Å². The topological polar surface area (TPSA) is 69.7 Å². The van der Waals surface area contributed by atoms with Crippen molar-refractivity contribution in [1.29, 1.82) is 0 Å². The highest BCUT2D eigenvalue weighted by Crippen LogP contribution is 2.21.